The summed E-state index contributed by atoms with van der Waals surface area (Å²) in [6.45, 7) is 3.92. The molecule has 0 bridgehead atoms. The number of benzene rings is 1. The fraction of sp³-hybridized carbons (Fsp3) is 0.333. The van der Waals surface area contributed by atoms with Gasteiger partial charge in [-0.3, -0.25) is 9.89 Å². The van der Waals surface area contributed by atoms with Gasteiger partial charge in [-0.25, -0.2) is 0 Å². The minimum Gasteiger partial charge on any atom is -0.396 e. The molecule has 0 aliphatic carbocycles. The number of aromatic nitrogens is 2. The lowest BCUT2D eigenvalue weighted by atomic mass is 10.1. The number of carbonyl (C=O) groups excluding carboxylic acids is 1. The maximum atomic E-state index is 12.0. The molecule has 0 radical (unpaired) electrons. The molecule has 20 heavy (non-hydrogen) atoms. The van der Waals surface area contributed by atoms with Crippen LogP contribution in [0.15, 0.2) is 24.3 Å². The molecule has 0 aliphatic rings. The molecule has 3 N–H and O–H groups in total. The van der Waals surface area contributed by atoms with Gasteiger partial charge in [-0.1, -0.05) is 12.1 Å². The second kappa shape index (κ2) is 6.34. The Kier molecular flexibility index (Phi) is 4.53. The van der Waals surface area contributed by atoms with Gasteiger partial charge in [-0.15, -0.1) is 0 Å². The Hall–Kier alpha value is -2.14. The van der Waals surface area contributed by atoms with Gasteiger partial charge in [0.05, 0.1) is 12.1 Å². The van der Waals surface area contributed by atoms with Gasteiger partial charge in [0.1, 0.15) is 0 Å². The monoisotopic (exact) mass is 273 g/mol. The molecular weight excluding hydrogens is 254 g/mol. The van der Waals surface area contributed by atoms with E-state index in [0.29, 0.717) is 12.8 Å². The predicted octanol–water partition coefficient (Wildman–Crippen LogP) is 1.74. The zero-order chi connectivity index (χ0) is 14.5. The van der Waals surface area contributed by atoms with Crippen molar-refractivity contribution in [3.05, 3.63) is 46.8 Å². The van der Waals surface area contributed by atoms with Gasteiger partial charge in [0, 0.05) is 23.6 Å². The number of hydrogen-bond acceptors (Lipinski definition) is 3. The third kappa shape index (κ3) is 3.45. The number of anilines is 1. The number of nitrogens with one attached hydrogen (secondary N) is 2. The van der Waals surface area contributed by atoms with Crippen molar-refractivity contribution >= 4 is 11.6 Å². The fourth-order valence-corrected chi connectivity index (χ4v) is 2.08. The Morgan fingerprint density at radius 1 is 1.30 bits per heavy atom. The number of H-pyrrole nitrogens is 1. The van der Waals surface area contributed by atoms with Crippen molar-refractivity contribution in [2.75, 3.05) is 11.9 Å². The standard InChI is InChI=1S/C15H19N3O2/c1-10-14(11(2)18-17-10)9-15(20)16-13-5-3-12(4-6-13)7-8-19/h3-6,19H,7-9H2,1-2H3,(H,16,20)(H,17,18). The Balaban J connectivity index is 1.97. The number of carbonyl (C=O) groups is 1. The molecule has 2 aromatic rings. The summed E-state index contributed by atoms with van der Waals surface area (Å²) in [5, 5.41) is 18.7. The van der Waals surface area contributed by atoms with Crippen LogP contribution in [0.4, 0.5) is 5.69 Å². The summed E-state index contributed by atoms with van der Waals surface area (Å²) in [4.78, 5) is 12.0. The van der Waals surface area contributed by atoms with Gasteiger partial charge in [0.2, 0.25) is 5.91 Å². The van der Waals surface area contributed by atoms with E-state index in [1.165, 1.54) is 0 Å². The summed E-state index contributed by atoms with van der Waals surface area (Å²) in [5.74, 6) is -0.0625. The second-order valence-electron chi connectivity index (χ2n) is 4.81. The van der Waals surface area contributed by atoms with Crippen LogP contribution in [0, 0.1) is 13.8 Å². The highest BCUT2D eigenvalue weighted by molar-refractivity contribution is 5.92. The van der Waals surface area contributed by atoms with E-state index in [0.717, 1.165) is 28.2 Å². The number of rotatable bonds is 5. The molecule has 106 valence electrons. The molecule has 0 aliphatic heterocycles. The Labute approximate surface area is 118 Å². The molecule has 1 aromatic carbocycles. The van der Waals surface area contributed by atoms with Crippen LogP contribution in [0.25, 0.3) is 0 Å². The number of hydrogen-bond donors (Lipinski definition) is 3. The predicted molar refractivity (Wildman–Crippen MR) is 77.6 cm³/mol. The normalized spacial score (nSPS) is 10.6. The van der Waals surface area contributed by atoms with Crippen molar-refractivity contribution < 1.29 is 9.90 Å². The van der Waals surface area contributed by atoms with E-state index < -0.39 is 0 Å². The Morgan fingerprint density at radius 3 is 2.55 bits per heavy atom. The number of aryl methyl sites for hydroxylation is 2. The lowest BCUT2D eigenvalue weighted by Crippen LogP contribution is -2.15. The molecule has 1 heterocycles. The lowest BCUT2D eigenvalue weighted by molar-refractivity contribution is -0.115. The summed E-state index contributed by atoms with van der Waals surface area (Å²) in [6.07, 6.45) is 0.939. The molecule has 0 unspecified atom stereocenters. The molecule has 0 spiro atoms. The van der Waals surface area contributed by atoms with E-state index in [4.69, 9.17) is 5.11 Å². The van der Waals surface area contributed by atoms with Gasteiger partial charge in [0.25, 0.3) is 0 Å². The molecule has 0 saturated heterocycles. The first kappa shape index (κ1) is 14.3. The summed E-state index contributed by atoms with van der Waals surface area (Å²) in [6, 6.07) is 7.50. The van der Waals surface area contributed by atoms with Gasteiger partial charge < -0.3 is 10.4 Å². The number of aliphatic hydroxyl groups is 1. The topological polar surface area (TPSA) is 78.0 Å². The molecule has 0 fully saturated rings. The number of aromatic amines is 1. The second-order valence-corrected chi connectivity index (χ2v) is 4.81. The average molecular weight is 273 g/mol. The molecule has 1 amide bonds. The molecule has 5 nitrogen and oxygen atoms in total. The van der Waals surface area contributed by atoms with Crippen molar-refractivity contribution in [1.29, 1.82) is 0 Å². The first-order valence-electron chi connectivity index (χ1n) is 6.60. The van der Waals surface area contributed by atoms with E-state index in [1.54, 1.807) is 0 Å². The zero-order valence-corrected chi connectivity index (χ0v) is 11.7. The molecule has 5 heteroatoms. The van der Waals surface area contributed by atoms with E-state index in [9.17, 15) is 4.79 Å². The lowest BCUT2D eigenvalue weighted by Gasteiger charge is -2.06. The number of amides is 1. The highest BCUT2D eigenvalue weighted by atomic mass is 16.2. The van der Waals surface area contributed by atoms with Crippen LogP contribution in [0.5, 0.6) is 0 Å². The van der Waals surface area contributed by atoms with Crippen LogP contribution in [0.3, 0.4) is 0 Å². The molecule has 0 saturated carbocycles. The van der Waals surface area contributed by atoms with E-state index >= 15 is 0 Å². The maximum absolute atomic E-state index is 12.0. The van der Waals surface area contributed by atoms with Crippen molar-refractivity contribution in [1.82, 2.24) is 10.2 Å². The first-order chi connectivity index (χ1) is 9.60. The van der Waals surface area contributed by atoms with Crippen molar-refractivity contribution in [2.24, 2.45) is 0 Å². The minimum absolute atomic E-state index is 0.0625. The molecular formula is C15H19N3O2. The van der Waals surface area contributed by atoms with Crippen molar-refractivity contribution in [2.45, 2.75) is 26.7 Å². The largest absolute Gasteiger partial charge is 0.396 e. The van der Waals surface area contributed by atoms with Gasteiger partial charge in [-0.2, -0.15) is 5.10 Å². The SMILES string of the molecule is Cc1n[nH]c(C)c1CC(=O)Nc1ccc(CCO)cc1. The van der Waals surface area contributed by atoms with Crippen LogP contribution >= 0.6 is 0 Å². The van der Waals surface area contributed by atoms with Gasteiger partial charge in [-0.05, 0) is 38.0 Å². The van der Waals surface area contributed by atoms with Crippen LogP contribution in [0.2, 0.25) is 0 Å². The van der Waals surface area contributed by atoms with Crippen molar-refractivity contribution in [3.8, 4) is 0 Å². The third-order valence-electron chi connectivity index (χ3n) is 3.26. The maximum Gasteiger partial charge on any atom is 0.228 e. The van der Waals surface area contributed by atoms with E-state index in [1.807, 2.05) is 38.1 Å². The van der Waals surface area contributed by atoms with Crippen LogP contribution < -0.4 is 5.32 Å². The highest BCUT2D eigenvalue weighted by Crippen LogP contribution is 2.13. The van der Waals surface area contributed by atoms with E-state index in [-0.39, 0.29) is 12.5 Å². The summed E-state index contributed by atoms with van der Waals surface area (Å²) in [5.41, 5.74) is 4.54. The Morgan fingerprint density at radius 2 is 2.00 bits per heavy atom. The quantitative estimate of drug-likeness (QED) is 0.776. The number of aliphatic hydroxyl groups excluding tert-OH is 1. The summed E-state index contributed by atoms with van der Waals surface area (Å²) >= 11 is 0. The van der Waals surface area contributed by atoms with Gasteiger partial charge in [0.15, 0.2) is 0 Å². The zero-order valence-electron chi connectivity index (χ0n) is 11.7. The van der Waals surface area contributed by atoms with Crippen LogP contribution in [0.1, 0.15) is 22.5 Å². The molecule has 1 aromatic heterocycles. The van der Waals surface area contributed by atoms with Gasteiger partial charge >= 0.3 is 0 Å². The third-order valence-corrected chi connectivity index (χ3v) is 3.26. The van der Waals surface area contributed by atoms with Crippen molar-refractivity contribution in [3.63, 3.8) is 0 Å². The Bertz CT molecular complexity index is 568. The first-order valence-corrected chi connectivity index (χ1v) is 6.60. The minimum atomic E-state index is -0.0625. The molecule has 0 atom stereocenters. The van der Waals surface area contributed by atoms with Crippen LogP contribution in [-0.4, -0.2) is 27.8 Å². The van der Waals surface area contributed by atoms with E-state index in [2.05, 4.69) is 15.5 Å². The smallest absolute Gasteiger partial charge is 0.228 e. The number of nitrogens with zero attached hydrogens (tertiary/aromatic N) is 1. The molecule has 2 rings (SSSR count). The average Bonchev–Trinajstić information content (AvgIpc) is 2.73. The highest BCUT2D eigenvalue weighted by Gasteiger charge is 2.11. The van der Waals surface area contributed by atoms with Crippen LogP contribution in [-0.2, 0) is 17.6 Å². The summed E-state index contributed by atoms with van der Waals surface area (Å²) < 4.78 is 0. The summed E-state index contributed by atoms with van der Waals surface area (Å²) in [7, 11) is 0. The fourth-order valence-electron chi connectivity index (χ4n) is 2.08.